The van der Waals surface area contributed by atoms with Gasteiger partial charge in [0.25, 0.3) is 0 Å². The molecule has 0 aliphatic carbocycles. The molecule has 0 aromatic heterocycles. The topological polar surface area (TPSA) is 30.5 Å². The maximum absolute atomic E-state index is 5.33. The molecule has 0 spiro atoms. The first-order valence-electron chi connectivity index (χ1n) is 6.11. The van der Waals surface area contributed by atoms with E-state index in [4.69, 9.17) is 9.47 Å². The van der Waals surface area contributed by atoms with E-state index in [2.05, 4.69) is 30.6 Å². The molecule has 0 bridgehead atoms. The summed E-state index contributed by atoms with van der Waals surface area (Å²) >= 11 is 1.85. The summed E-state index contributed by atoms with van der Waals surface area (Å²) < 4.78 is 10.5. The van der Waals surface area contributed by atoms with Crippen molar-refractivity contribution in [1.82, 2.24) is 5.32 Å². The third-order valence-corrected chi connectivity index (χ3v) is 3.47. The molecule has 1 aromatic carbocycles. The second kappa shape index (κ2) is 8.40. The Balaban J connectivity index is 2.73. The second-order valence-electron chi connectivity index (χ2n) is 4.17. The van der Waals surface area contributed by atoms with Crippen LogP contribution in [0.5, 0.6) is 5.75 Å². The van der Waals surface area contributed by atoms with Gasteiger partial charge in [0.15, 0.2) is 0 Å². The lowest BCUT2D eigenvalue weighted by Crippen LogP contribution is -2.21. The van der Waals surface area contributed by atoms with Crippen LogP contribution in [0.4, 0.5) is 0 Å². The van der Waals surface area contributed by atoms with Crippen molar-refractivity contribution in [2.45, 2.75) is 19.6 Å². The van der Waals surface area contributed by atoms with Crippen LogP contribution in [0.3, 0.4) is 0 Å². The van der Waals surface area contributed by atoms with E-state index >= 15 is 0 Å². The molecule has 3 nitrogen and oxygen atoms in total. The molecule has 0 saturated heterocycles. The smallest absolute Gasteiger partial charge is 0.124 e. The molecule has 0 amide bonds. The van der Waals surface area contributed by atoms with Crippen LogP contribution < -0.4 is 10.1 Å². The highest BCUT2D eigenvalue weighted by Crippen LogP contribution is 2.23. The Morgan fingerprint density at radius 3 is 2.72 bits per heavy atom. The van der Waals surface area contributed by atoms with Crippen LogP contribution in [-0.4, -0.2) is 32.8 Å². The number of rotatable bonds is 8. The average molecular weight is 269 g/mol. The van der Waals surface area contributed by atoms with Gasteiger partial charge in [-0.3, -0.25) is 0 Å². The molecular formula is C14H23NO2S. The molecule has 0 radical (unpaired) electrons. The minimum atomic E-state index is 0.346. The van der Waals surface area contributed by atoms with Crippen LogP contribution in [0.25, 0.3) is 0 Å². The summed E-state index contributed by atoms with van der Waals surface area (Å²) in [5.74, 6) is 2.02. The Morgan fingerprint density at radius 1 is 1.33 bits per heavy atom. The second-order valence-corrected chi connectivity index (χ2v) is 5.16. The summed E-state index contributed by atoms with van der Waals surface area (Å²) in [6.45, 7) is 3.78. The Morgan fingerprint density at radius 2 is 2.11 bits per heavy atom. The largest absolute Gasteiger partial charge is 0.496 e. The van der Waals surface area contributed by atoms with Crippen molar-refractivity contribution in [1.29, 1.82) is 0 Å². The normalized spacial score (nSPS) is 12.4. The van der Waals surface area contributed by atoms with Crippen molar-refractivity contribution in [3.05, 3.63) is 29.3 Å². The van der Waals surface area contributed by atoms with Gasteiger partial charge in [-0.05, 0) is 30.9 Å². The number of nitrogens with one attached hydrogen (secondary N) is 1. The summed E-state index contributed by atoms with van der Waals surface area (Å²) in [4.78, 5) is 0. The lowest BCUT2D eigenvalue weighted by atomic mass is 10.0. The van der Waals surface area contributed by atoms with Crippen LogP contribution in [0.15, 0.2) is 18.2 Å². The van der Waals surface area contributed by atoms with E-state index in [1.807, 2.05) is 17.8 Å². The predicted molar refractivity (Wildman–Crippen MR) is 78.5 cm³/mol. The minimum absolute atomic E-state index is 0.346. The zero-order chi connectivity index (χ0) is 13.4. The van der Waals surface area contributed by atoms with Gasteiger partial charge in [-0.15, -0.1) is 0 Å². The van der Waals surface area contributed by atoms with Crippen LogP contribution in [0.2, 0.25) is 0 Å². The number of thioether (sulfide) groups is 1. The van der Waals surface area contributed by atoms with Gasteiger partial charge in [0, 0.05) is 31.0 Å². The Hall–Kier alpha value is -0.710. The number of hydrogen-bond donors (Lipinski definition) is 1. The molecule has 0 heterocycles. The van der Waals surface area contributed by atoms with Crippen molar-refractivity contribution in [2.75, 3.05) is 32.8 Å². The first-order chi connectivity index (χ1) is 8.72. The van der Waals surface area contributed by atoms with Gasteiger partial charge in [-0.1, -0.05) is 6.07 Å². The number of ether oxygens (including phenoxy) is 2. The fourth-order valence-electron chi connectivity index (χ4n) is 1.83. The van der Waals surface area contributed by atoms with Crippen molar-refractivity contribution >= 4 is 11.8 Å². The lowest BCUT2D eigenvalue weighted by molar-refractivity contribution is 0.181. The molecule has 1 rings (SSSR count). The molecule has 4 heteroatoms. The molecule has 1 aromatic rings. The van der Waals surface area contributed by atoms with Gasteiger partial charge in [0.05, 0.1) is 13.7 Å². The highest BCUT2D eigenvalue weighted by molar-refractivity contribution is 7.98. The van der Waals surface area contributed by atoms with E-state index in [9.17, 15) is 0 Å². The van der Waals surface area contributed by atoms with Gasteiger partial charge >= 0.3 is 0 Å². The molecule has 0 aliphatic rings. The first-order valence-corrected chi connectivity index (χ1v) is 7.50. The first kappa shape index (κ1) is 15.3. The zero-order valence-electron chi connectivity index (χ0n) is 11.7. The summed E-state index contributed by atoms with van der Waals surface area (Å²) in [5, 5.41) is 3.50. The highest BCUT2D eigenvalue weighted by atomic mass is 32.2. The number of benzene rings is 1. The van der Waals surface area contributed by atoms with Gasteiger partial charge in [0.1, 0.15) is 5.75 Å². The minimum Gasteiger partial charge on any atom is -0.496 e. The lowest BCUT2D eigenvalue weighted by Gasteiger charge is -2.16. The summed E-state index contributed by atoms with van der Waals surface area (Å²) in [5.41, 5.74) is 2.36. The molecule has 1 atom stereocenters. The van der Waals surface area contributed by atoms with Crippen LogP contribution in [0, 0.1) is 0 Å². The van der Waals surface area contributed by atoms with E-state index in [1.165, 1.54) is 5.56 Å². The van der Waals surface area contributed by atoms with Crippen LogP contribution >= 0.6 is 11.8 Å². The fourth-order valence-corrected chi connectivity index (χ4v) is 2.15. The maximum Gasteiger partial charge on any atom is 0.124 e. The monoisotopic (exact) mass is 269 g/mol. The molecule has 0 fully saturated rings. The number of methoxy groups -OCH3 is 2. The van der Waals surface area contributed by atoms with Crippen molar-refractivity contribution in [2.24, 2.45) is 0 Å². The van der Waals surface area contributed by atoms with Crippen molar-refractivity contribution in [3.63, 3.8) is 0 Å². The summed E-state index contributed by atoms with van der Waals surface area (Å²) in [6.07, 6.45) is 2.12. The van der Waals surface area contributed by atoms with Gasteiger partial charge in [-0.25, -0.2) is 0 Å². The van der Waals surface area contributed by atoms with E-state index in [0.29, 0.717) is 12.6 Å². The van der Waals surface area contributed by atoms with Gasteiger partial charge < -0.3 is 14.8 Å². The van der Waals surface area contributed by atoms with E-state index in [-0.39, 0.29) is 0 Å². The maximum atomic E-state index is 5.33. The third-order valence-electron chi connectivity index (χ3n) is 2.86. The molecule has 102 valence electrons. The molecule has 0 aliphatic heterocycles. The summed E-state index contributed by atoms with van der Waals surface area (Å²) in [7, 11) is 3.39. The van der Waals surface area contributed by atoms with E-state index in [1.54, 1.807) is 14.2 Å². The fraction of sp³-hybridized carbons (Fsp3) is 0.571. The number of hydrogen-bond acceptors (Lipinski definition) is 4. The van der Waals surface area contributed by atoms with Crippen LogP contribution in [-0.2, 0) is 11.3 Å². The molecule has 1 N–H and O–H groups in total. The molecule has 1 unspecified atom stereocenters. The molecule has 0 saturated carbocycles. The zero-order valence-corrected chi connectivity index (χ0v) is 12.5. The van der Waals surface area contributed by atoms with Gasteiger partial charge in [-0.2, -0.15) is 11.8 Å². The Kier molecular flexibility index (Phi) is 7.16. The average Bonchev–Trinajstić information content (AvgIpc) is 2.39. The molecule has 18 heavy (non-hydrogen) atoms. The summed E-state index contributed by atoms with van der Waals surface area (Å²) in [6, 6.07) is 6.61. The Bertz CT molecular complexity index is 358. The molecular weight excluding hydrogens is 246 g/mol. The standard InChI is InChI=1S/C14H23NO2S/c1-11(15-7-8-18-4)12-5-6-14(17-3)13(9-12)10-16-2/h5-6,9,11,15H,7-8,10H2,1-4H3. The highest BCUT2D eigenvalue weighted by Gasteiger charge is 2.09. The quantitative estimate of drug-likeness (QED) is 0.735. The van der Waals surface area contributed by atoms with E-state index < -0.39 is 0 Å². The SMILES string of the molecule is COCc1cc(C(C)NCCSC)ccc1OC. The third kappa shape index (κ3) is 4.52. The predicted octanol–water partition coefficient (Wildman–Crippen LogP) is 2.86. The van der Waals surface area contributed by atoms with E-state index in [0.717, 1.165) is 23.6 Å². The van der Waals surface area contributed by atoms with Crippen molar-refractivity contribution < 1.29 is 9.47 Å². The van der Waals surface area contributed by atoms with Crippen molar-refractivity contribution in [3.8, 4) is 5.75 Å². The van der Waals surface area contributed by atoms with Crippen LogP contribution in [0.1, 0.15) is 24.1 Å². The van der Waals surface area contributed by atoms with Gasteiger partial charge in [0.2, 0.25) is 0 Å². The Labute approximate surface area is 114 Å².